The normalized spacial score (nSPS) is 9.71. The van der Waals surface area contributed by atoms with Crippen LogP contribution in [0.5, 0.6) is 0 Å². The fraction of sp³-hybridized carbons (Fsp3) is 0.333. The molecule has 0 fully saturated rings. The van der Waals surface area contributed by atoms with Gasteiger partial charge in [-0.1, -0.05) is 18.4 Å². The van der Waals surface area contributed by atoms with Crippen LogP contribution in [-0.2, 0) is 0 Å². The van der Waals surface area contributed by atoms with E-state index in [1.165, 1.54) is 5.69 Å². The number of hydrogen-bond acceptors (Lipinski definition) is 2. The van der Waals surface area contributed by atoms with E-state index < -0.39 is 0 Å². The molecule has 90 valence electrons. The van der Waals surface area contributed by atoms with E-state index in [2.05, 4.69) is 40.4 Å². The Morgan fingerprint density at radius 1 is 1.12 bits per heavy atom. The fourth-order valence-electron chi connectivity index (χ4n) is 1.42. The zero-order valence-electron chi connectivity index (χ0n) is 11.1. The van der Waals surface area contributed by atoms with Crippen molar-refractivity contribution in [3.05, 3.63) is 42.0 Å². The molecule has 0 unspecified atom stereocenters. The quantitative estimate of drug-likeness (QED) is 0.732. The zero-order chi connectivity index (χ0) is 12.8. The summed E-state index contributed by atoms with van der Waals surface area (Å²) >= 11 is 0. The second-order valence-corrected chi connectivity index (χ2v) is 4.53. The number of likely N-dealkylation sites (N-methyl/N-ethyl adjacent to an activating group) is 1. The fourth-order valence-corrected chi connectivity index (χ4v) is 1.42. The minimum absolute atomic E-state index is 0.808. The van der Waals surface area contributed by atoms with Crippen LogP contribution in [0.4, 0.5) is 5.69 Å². The van der Waals surface area contributed by atoms with Gasteiger partial charge in [-0.2, -0.15) is 0 Å². The van der Waals surface area contributed by atoms with Gasteiger partial charge in [0.25, 0.3) is 0 Å². The lowest BCUT2D eigenvalue weighted by atomic mass is 10.2. The summed E-state index contributed by atoms with van der Waals surface area (Å²) in [5.74, 6) is 6.20. The summed E-state index contributed by atoms with van der Waals surface area (Å²) in [7, 11) is 8.08. The van der Waals surface area contributed by atoms with Crippen LogP contribution in [0.2, 0.25) is 0 Å². The van der Waals surface area contributed by atoms with Crippen LogP contribution in [0.25, 0.3) is 0 Å². The summed E-state index contributed by atoms with van der Waals surface area (Å²) in [5, 5.41) is 0. The molecular weight excluding hydrogens is 208 g/mol. The lowest BCUT2D eigenvalue weighted by Gasteiger charge is -2.11. The molecule has 17 heavy (non-hydrogen) atoms. The Hall–Kier alpha value is -1.72. The van der Waals surface area contributed by atoms with Gasteiger partial charge >= 0.3 is 0 Å². The van der Waals surface area contributed by atoms with Gasteiger partial charge in [-0.25, -0.2) is 0 Å². The van der Waals surface area contributed by atoms with Gasteiger partial charge in [-0.05, 0) is 38.4 Å². The van der Waals surface area contributed by atoms with Crippen molar-refractivity contribution < 1.29 is 0 Å². The number of anilines is 1. The monoisotopic (exact) mass is 228 g/mol. The van der Waals surface area contributed by atoms with Crippen LogP contribution in [0.15, 0.2) is 36.4 Å². The molecule has 0 N–H and O–H groups in total. The Kier molecular flexibility index (Phi) is 4.81. The van der Waals surface area contributed by atoms with Crippen molar-refractivity contribution in [2.24, 2.45) is 0 Å². The SMILES string of the molecule is C=C(C#Cc1ccc(N(C)C)cc1)CN(C)C. The molecule has 0 aromatic heterocycles. The molecule has 2 nitrogen and oxygen atoms in total. The summed E-state index contributed by atoms with van der Waals surface area (Å²) in [6.45, 7) is 4.74. The number of rotatable bonds is 3. The highest BCUT2D eigenvalue weighted by Crippen LogP contribution is 2.11. The van der Waals surface area contributed by atoms with Gasteiger partial charge in [-0.15, -0.1) is 0 Å². The van der Waals surface area contributed by atoms with E-state index in [1.807, 2.05) is 40.3 Å². The Morgan fingerprint density at radius 3 is 2.18 bits per heavy atom. The molecule has 1 rings (SSSR count). The molecule has 2 heteroatoms. The van der Waals surface area contributed by atoms with E-state index >= 15 is 0 Å². The second kappa shape index (κ2) is 6.12. The maximum Gasteiger partial charge on any atom is 0.0361 e. The topological polar surface area (TPSA) is 6.48 Å². The summed E-state index contributed by atoms with van der Waals surface area (Å²) in [4.78, 5) is 4.13. The maximum absolute atomic E-state index is 3.93. The molecule has 1 aromatic rings. The number of nitrogens with zero attached hydrogens (tertiary/aromatic N) is 2. The largest absolute Gasteiger partial charge is 0.378 e. The van der Waals surface area contributed by atoms with Gasteiger partial charge in [-0.3, -0.25) is 0 Å². The van der Waals surface area contributed by atoms with Crippen molar-refractivity contribution in [3.8, 4) is 11.8 Å². The molecule has 0 atom stereocenters. The summed E-state index contributed by atoms with van der Waals surface area (Å²) in [6, 6.07) is 8.20. The van der Waals surface area contributed by atoms with Gasteiger partial charge < -0.3 is 9.80 Å². The van der Waals surface area contributed by atoms with Crippen LogP contribution in [0.3, 0.4) is 0 Å². The second-order valence-electron chi connectivity index (χ2n) is 4.53. The first kappa shape index (κ1) is 13.3. The molecule has 0 aliphatic heterocycles. The lowest BCUT2D eigenvalue weighted by Crippen LogP contribution is -2.13. The molecule has 0 saturated heterocycles. The molecule has 0 bridgehead atoms. The summed E-state index contributed by atoms with van der Waals surface area (Å²) in [5.41, 5.74) is 3.14. The van der Waals surface area contributed by atoms with Crippen molar-refractivity contribution in [1.29, 1.82) is 0 Å². The standard InChI is InChI=1S/C15H20N2/c1-13(12-16(2)3)6-7-14-8-10-15(11-9-14)17(4)5/h8-11H,1,12H2,2-5H3. The highest BCUT2D eigenvalue weighted by Gasteiger charge is 1.94. The van der Waals surface area contributed by atoms with Gasteiger partial charge in [0.15, 0.2) is 0 Å². The zero-order valence-corrected chi connectivity index (χ0v) is 11.1. The van der Waals surface area contributed by atoms with Gasteiger partial charge in [0.05, 0.1) is 0 Å². The highest BCUT2D eigenvalue weighted by atomic mass is 15.1. The first-order chi connectivity index (χ1) is 7.99. The smallest absolute Gasteiger partial charge is 0.0361 e. The minimum Gasteiger partial charge on any atom is -0.378 e. The average molecular weight is 228 g/mol. The Balaban J connectivity index is 2.69. The predicted molar refractivity (Wildman–Crippen MR) is 75.3 cm³/mol. The Bertz CT molecular complexity index is 430. The molecule has 0 spiro atoms. The third-order valence-corrected chi connectivity index (χ3v) is 2.27. The van der Waals surface area contributed by atoms with Gasteiger partial charge in [0, 0.05) is 37.5 Å². The van der Waals surface area contributed by atoms with Crippen molar-refractivity contribution in [2.75, 3.05) is 39.6 Å². The molecule has 0 saturated carbocycles. The summed E-state index contributed by atoms with van der Waals surface area (Å²) < 4.78 is 0. The summed E-state index contributed by atoms with van der Waals surface area (Å²) in [6.07, 6.45) is 0. The van der Waals surface area contributed by atoms with Crippen molar-refractivity contribution >= 4 is 5.69 Å². The molecule has 1 aromatic carbocycles. The number of benzene rings is 1. The Morgan fingerprint density at radius 2 is 1.71 bits per heavy atom. The Labute approximate surface area is 105 Å². The third-order valence-electron chi connectivity index (χ3n) is 2.27. The van der Waals surface area contributed by atoms with Crippen molar-refractivity contribution in [2.45, 2.75) is 0 Å². The maximum atomic E-state index is 3.93. The first-order valence-corrected chi connectivity index (χ1v) is 5.61. The van der Waals surface area contributed by atoms with Crippen molar-refractivity contribution in [3.63, 3.8) is 0 Å². The average Bonchev–Trinajstić information content (AvgIpc) is 2.26. The van der Waals surface area contributed by atoms with E-state index in [1.54, 1.807) is 0 Å². The van der Waals surface area contributed by atoms with E-state index in [0.29, 0.717) is 0 Å². The lowest BCUT2D eigenvalue weighted by molar-refractivity contribution is 0.450. The van der Waals surface area contributed by atoms with Gasteiger partial charge in [0.1, 0.15) is 0 Å². The predicted octanol–water partition coefficient (Wildman–Crippen LogP) is 2.22. The van der Waals surface area contributed by atoms with E-state index in [4.69, 9.17) is 0 Å². The van der Waals surface area contributed by atoms with E-state index in [-0.39, 0.29) is 0 Å². The first-order valence-electron chi connectivity index (χ1n) is 5.61. The third kappa shape index (κ3) is 4.76. The molecule has 0 heterocycles. The molecule has 0 radical (unpaired) electrons. The molecular formula is C15H20N2. The van der Waals surface area contributed by atoms with Crippen LogP contribution in [-0.4, -0.2) is 39.6 Å². The van der Waals surface area contributed by atoms with Crippen LogP contribution < -0.4 is 4.90 Å². The van der Waals surface area contributed by atoms with Crippen LogP contribution in [0, 0.1) is 11.8 Å². The van der Waals surface area contributed by atoms with E-state index in [0.717, 1.165) is 17.7 Å². The van der Waals surface area contributed by atoms with Gasteiger partial charge in [0.2, 0.25) is 0 Å². The molecule has 0 aliphatic carbocycles. The van der Waals surface area contributed by atoms with E-state index in [9.17, 15) is 0 Å². The van der Waals surface area contributed by atoms with Crippen LogP contribution >= 0.6 is 0 Å². The highest BCUT2D eigenvalue weighted by molar-refractivity contribution is 5.50. The molecule has 0 aliphatic rings. The number of hydrogen-bond donors (Lipinski definition) is 0. The minimum atomic E-state index is 0.808. The van der Waals surface area contributed by atoms with Crippen molar-refractivity contribution in [1.82, 2.24) is 4.90 Å². The van der Waals surface area contributed by atoms with Crippen LogP contribution in [0.1, 0.15) is 5.56 Å². The molecule has 0 amide bonds.